The molecular formula is C19H15ClN2O4. The van der Waals surface area contributed by atoms with Gasteiger partial charge in [-0.15, -0.1) is 0 Å². The minimum absolute atomic E-state index is 0.0329. The number of carbonyl (C=O) groups excluding carboxylic acids is 3. The number of ether oxygens (including phenoxy) is 1. The third-order valence-corrected chi connectivity index (χ3v) is 4.94. The highest BCUT2D eigenvalue weighted by molar-refractivity contribution is 6.32. The van der Waals surface area contributed by atoms with E-state index in [-0.39, 0.29) is 29.0 Å². The number of carbonyl (C=O) groups is 3. The highest BCUT2D eigenvalue weighted by atomic mass is 35.5. The minimum atomic E-state index is -0.694. The van der Waals surface area contributed by atoms with Crippen LogP contribution < -0.4 is 4.90 Å². The summed E-state index contributed by atoms with van der Waals surface area (Å²) < 4.78 is 5.08. The Kier molecular flexibility index (Phi) is 4.20. The third-order valence-electron chi connectivity index (χ3n) is 4.64. The van der Waals surface area contributed by atoms with E-state index >= 15 is 0 Å². The molecule has 0 unspecified atom stereocenters. The summed E-state index contributed by atoms with van der Waals surface area (Å²) in [7, 11) is 0. The Labute approximate surface area is 154 Å². The van der Waals surface area contributed by atoms with E-state index in [1.807, 2.05) is 0 Å². The first kappa shape index (κ1) is 16.7. The molecule has 3 heterocycles. The zero-order valence-electron chi connectivity index (χ0n) is 13.8. The summed E-state index contributed by atoms with van der Waals surface area (Å²) in [6, 6.07) is 6.59. The minimum Gasteiger partial charge on any atom is -0.454 e. The van der Waals surface area contributed by atoms with Crippen LogP contribution in [0.5, 0.6) is 0 Å². The van der Waals surface area contributed by atoms with E-state index in [9.17, 15) is 14.4 Å². The van der Waals surface area contributed by atoms with Gasteiger partial charge in [0.2, 0.25) is 5.91 Å². The number of ketones is 1. The van der Waals surface area contributed by atoms with Crippen LogP contribution in [0.25, 0.3) is 0 Å². The van der Waals surface area contributed by atoms with Crippen LogP contribution in [0.15, 0.2) is 30.5 Å². The first-order valence-corrected chi connectivity index (χ1v) is 8.69. The van der Waals surface area contributed by atoms with Gasteiger partial charge in [0.05, 0.1) is 17.7 Å². The number of esters is 1. The van der Waals surface area contributed by atoms with Crippen molar-refractivity contribution < 1.29 is 19.1 Å². The van der Waals surface area contributed by atoms with Crippen LogP contribution in [0.3, 0.4) is 0 Å². The lowest BCUT2D eigenvalue weighted by Crippen LogP contribution is -2.31. The number of nitrogens with zero attached hydrogens (tertiary/aromatic N) is 2. The smallest absolute Gasteiger partial charge is 0.341 e. The van der Waals surface area contributed by atoms with E-state index in [1.165, 1.54) is 12.3 Å². The molecule has 1 aromatic carbocycles. The van der Waals surface area contributed by atoms with E-state index in [0.29, 0.717) is 12.0 Å². The fraction of sp³-hybridized carbons (Fsp3) is 0.263. The van der Waals surface area contributed by atoms with Gasteiger partial charge in [0.25, 0.3) is 0 Å². The number of amides is 1. The lowest BCUT2D eigenvalue weighted by Gasteiger charge is -2.25. The van der Waals surface area contributed by atoms with Crippen molar-refractivity contribution in [2.45, 2.75) is 19.3 Å². The van der Waals surface area contributed by atoms with Crippen LogP contribution in [-0.4, -0.2) is 35.8 Å². The van der Waals surface area contributed by atoms with E-state index in [1.54, 1.807) is 23.1 Å². The largest absolute Gasteiger partial charge is 0.454 e. The summed E-state index contributed by atoms with van der Waals surface area (Å²) >= 11 is 5.86. The van der Waals surface area contributed by atoms with Crippen molar-refractivity contribution in [2.24, 2.45) is 0 Å². The van der Waals surface area contributed by atoms with Crippen molar-refractivity contribution in [1.82, 2.24) is 4.98 Å². The van der Waals surface area contributed by atoms with Gasteiger partial charge in [0.1, 0.15) is 5.15 Å². The van der Waals surface area contributed by atoms with Gasteiger partial charge >= 0.3 is 5.97 Å². The maximum Gasteiger partial charge on any atom is 0.341 e. The molecule has 0 radical (unpaired) electrons. The van der Waals surface area contributed by atoms with E-state index < -0.39 is 5.97 Å². The van der Waals surface area contributed by atoms with E-state index in [0.717, 1.165) is 36.2 Å². The summed E-state index contributed by atoms with van der Waals surface area (Å²) in [5.41, 5.74) is 3.41. The predicted octanol–water partition coefficient (Wildman–Crippen LogP) is 2.61. The Balaban J connectivity index is 1.51. The number of hydrogen-bond acceptors (Lipinski definition) is 5. The second-order valence-corrected chi connectivity index (χ2v) is 6.67. The molecule has 2 aromatic rings. The fourth-order valence-corrected chi connectivity index (χ4v) is 3.67. The topological polar surface area (TPSA) is 76.6 Å². The second kappa shape index (κ2) is 6.53. The van der Waals surface area contributed by atoms with Crippen molar-refractivity contribution >= 4 is 34.9 Å². The Bertz CT molecular complexity index is 941. The number of aromatic nitrogens is 1. The van der Waals surface area contributed by atoms with Gasteiger partial charge in [-0.05, 0) is 48.2 Å². The van der Waals surface area contributed by atoms with Crippen molar-refractivity contribution in [2.75, 3.05) is 18.1 Å². The molecule has 2 aliphatic rings. The Hall–Kier alpha value is -2.73. The Morgan fingerprint density at radius 1 is 1.27 bits per heavy atom. The average Bonchev–Trinajstić information content (AvgIpc) is 2.97. The summed E-state index contributed by atoms with van der Waals surface area (Å²) in [5.74, 6) is -0.933. The lowest BCUT2D eigenvalue weighted by molar-refractivity contribution is -0.117. The zero-order chi connectivity index (χ0) is 18.3. The molecule has 2 aliphatic heterocycles. The molecule has 0 saturated heterocycles. The Morgan fingerprint density at radius 2 is 2.08 bits per heavy atom. The van der Waals surface area contributed by atoms with Gasteiger partial charge in [-0.3, -0.25) is 9.59 Å². The SMILES string of the molecule is O=C(COC(=O)c1cccnc1Cl)c1cc2c3c(c1)CC(=O)N3CCC2. The van der Waals surface area contributed by atoms with Gasteiger partial charge < -0.3 is 9.64 Å². The van der Waals surface area contributed by atoms with Crippen molar-refractivity contribution in [1.29, 1.82) is 0 Å². The molecule has 0 aliphatic carbocycles. The normalized spacial score (nSPS) is 15.0. The summed E-state index contributed by atoms with van der Waals surface area (Å²) in [6.45, 7) is 0.343. The third kappa shape index (κ3) is 2.86. The molecule has 0 atom stereocenters. The molecule has 0 fully saturated rings. The standard InChI is InChI=1S/C19H15ClN2O4/c20-18-14(4-1-5-21-18)19(25)26-10-15(23)12-7-11-3-2-6-22-16(24)9-13(8-12)17(11)22/h1,4-5,7-8H,2-3,6,9-10H2. The highest BCUT2D eigenvalue weighted by Crippen LogP contribution is 2.37. The predicted molar refractivity (Wildman–Crippen MR) is 94.7 cm³/mol. The van der Waals surface area contributed by atoms with E-state index in [2.05, 4.69) is 4.98 Å². The fourth-order valence-electron chi connectivity index (χ4n) is 3.47. The molecule has 132 valence electrons. The summed E-state index contributed by atoms with van der Waals surface area (Å²) in [5, 5.41) is 0.0329. The van der Waals surface area contributed by atoms with Gasteiger partial charge in [0, 0.05) is 18.3 Å². The second-order valence-electron chi connectivity index (χ2n) is 6.31. The molecule has 0 spiro atoms. The zero-order valence-corrected chi connectivity index (χ0v) is 14.6. The summed E-state index contributed by atoms with van der Waals surface area (Å²) in [6.07, 6.45) is 3.49. The number of rotatable bonds is 4. The first-order chi connectivity index (χ1) is 12.5. The maximum atomic E-state index is 12.5. The first-order valence-electron chi connectivity index (χ1n) is 8.31. The number of benzene rings is 1. The van der Waals surface area contributed by atoms with Crippen molar-refractivity contribution in [3.05, 3.63) is 57.9 Å². The van der Waals surface area contributed by atoms with E-state index in [4.69, 9.17) is 16.3 Å². The molecule has 4 rings (SSSR count). The molecule has 1 amide bonds. The Morgan fingerprint density at radius 3 is 2.88 bits per heavy atom. The van der Waals surface area contributed by atoms with Gasteiger partial charge in [0.15, 0.2) is 12.4 Å². The number of aryl methyl sites for hydroxylation is 1. The molecular weight excluding hydrogens is 356 g/mol. The lowest BCUT2D eigenvalue weighted by atomic mass is 9.95. The van der Waals surface area contributed by atoms with Crippen LogP contribution in [0.1, 0.15) is 38.3 Å². The monoisotopic (exact) mass is 370 g/mol. The van der Waals surface area contributed by atoms with Crippen LogP contribution >= 0.6 is 11.6 Å². The van der Waals surface area contributed by atoms with Gasteiger partial charge in [-0.2, -0.15) is 0 Å². The molecule has 6 nitrogen and oxygen atoms in total. The van der Waals surface area contributed by atoms with Crippen LogP contribution in [0.2, 0.25) is 5.15 Å². The highest BCUT2D eigenvalue weighted by Gasteiger charge is 2.33. The number of Topliss-reactive ketones (excluding diaryl/α,β-unsaturated/α-hetero) is 1. The molecule has 0 N–H and O–H groups in total. The van der Waals surface area contributed by atoms with Crippen LogP contribution in [-0.2, 0) is 22.4 Å². The molecule has 0 bridgehead atoms. The quantitative estimate of drug-likeness (QED) is 0.469. The van der Waals surface area contributed by atoms with Gasteiger partial charge in [-0.25, -0.2) is 9.78 Å². The molecule has 26 heavy (non-hydrogen) atoms. The number of pyridine rings is 1. The van der Waals surface area contributed by atoms with Gasteiger partial charge in [-0.1, -0.05) is 11.6 Å². The number of anilines is 1. The number of hydrogen-bond donors (Lipinski definition) is 0. The molecule has 0 saturated carbocycles. The average molecular weight is 371 g/mol. The van der Waals surface area contributed by atoms with Crippen LogP contribution in [0.4, 0.5) is 5.69 Å². The van der Waals surface area contributed by atoms with Crippen molar-refractivity contribution in [3.63, 3.8) is 0 Å². The summed E-state index contributed by atoms with van der Waals surface area (Å²) in [4.78, 5) is 42.2. The maximum absolute atomic E-state index is 12.5. The molecule has 1 aromatic heterocycles. The van der Waals surface area contributed by atoms with Crippen molar-refractivity contribution in [3.8, 4) is 0 Å². The number of halogens is 1. The van der Waals surface area contributed by atoms with Crippen LogP contribution in [0, 0.1) is 0 Å². The molecule has 7 heteroatoms.